The molecule has 0 amide bonds. The first-order valence-corrected chi connectivity index (χ1v) is 6.71. The Kier molecular flexibility index (Phi) is 3.92. The average molecular weight is 293 g/mol. The lowest BCUT2D eigenvalue weighted by Gasteiger charge is -1.94. The van der Waals surface area contributed by atoms with Gasteiger partial charge in [-0.15, -0.1) is 0 Å². The molecule has 0 aliphatic rings. The van der Waals surface area contributed by atoms with Crippen LogP contribution >= 0.6 is 0 Å². The number of oxazole rings is 1. The molecule has 0 fully saturated rings. The molecule has 2 aromatic carbocycles. The number of carbonyl (C=O) groups excluding carboxylic acids is 1. The van der Waals surface area contributed by atoms with E-state index in [9.17, 15) is 9.18 Å². The average Bonchev–Trinajstić information content (AvgIpc) is 3.03. The predicted molar refractivity (Wildman–Crippen MR) is 81.7 cm³/mol. The van der Waals surface area contributed by atoms with Gasteiger partial charge in [-0.3, -0.25) is 4.79 Å². The van der Waals surface area contributed by atoms with Crippen molar-refractivity contribution in [2.75, 3.05) is 0 Å². The first-order chi connectivity index (χ1) is 10.7. The highest BCUT2D eigenvalue weighted by Gasteiger charge is 2.05. The molecule has 3 aromatic rings. The van der Waals surface area contributed by atoms with Crippen LogP contribution in [0.1, 0.15) is 16.1 Å². The molecule has 4 heteroatoms. The van der Waals surface area contributed by atoms with Crippen LogP contribution < -0.4 is 0 Å². The number of nitrogens with zero attached hydrogens (tertiary/aromatic N) is 1. The van der Waals surface area contributed by atoms with Crippen molar-refractivity contribution < 1.29 is 13.6 Å². The molecule has 0 saturated carbocycles. The molecule has 0 aliphatic heterocycles. The van der Waals surface area contributed by atoms with Crippen LogP contribution in [0.4, 0.5) is 4.39 Å². The first kappa shape index (κ1) is 13.9. The topological polar surface area (TPSA) is 43.1 Å². The molecule has 108 valence electrons. The number of hydrogen-bond acceptors (Lipinski definition) is 3. The summed E-state index contributed by atoms with van der Waals surface area (Å²) in [5.74, 6) is -0.0942. The largest absolute Gasteiger partial charge is 0.444 e. The summed E-state index contributed by atoms with van der Waals surface area (Å²) in [6.07, 6.45) is 4.44. The van der Waals surface area contributed by atoms with Crippen molar-refractivity contribution >= 4 is 11.9 Å². The van der Waals surface area contributed by atoms with E-state index in [1.165, 1.54) is 36.6 Å². The van der Waals surface area contributed by atoms with Gasteiger partial charge in [0.25, 0.3) is 0 Å². The number of aromatic nitrogens is 1. The highest BCUT2D eigenvalue weighted by molar-refractivity contribution is 6.06. The molecule has 0 radical (unpaired) electrons. The Bertz CT molecular complexity index is 805. The van der Waals surface area contributed by atoms with Crippen molar-refractivity contribution in [3.8, 4) is 11.5 Å². The van der Waals surface area contributed by atoms with E-state index in [4.69, 9.17) is 4.42 Å². The molecule has 3 nitrogen and oxygen atoms in total. The lowest BCUT2D eigenvalue weighted by atomic mass is 10.1. The molecule has 0 bridgehead atoms. The minimum Gasteiger partial charge on any atom is -0.444 e. The van der Waals surface area contributed by atoms with Crippen molar-refractivity contribution in [3.63, 3.8) is 0 Å². The van der Waals surface area contributed by atoms with Gasteiger partial charge in [0.1, 0.15) is 17.8 Å². The van der Waals surface area contributed by atoms with Gasteiger partial charge in [0.05, 0.1) is 0 Å². The Morgan fingerprint density at radius 3 is 2.50 bits per heavy atom. The van der Waals surface area contributed by atoms with Gasteiger partial charge in [0, 0.05) is 11.1 Å². The van der Waals surface area contributed by atoms with Crippen LogP contribution in [-0.2, 0) is 0 Å². The number of benzene rings is 2. The molecular weight excluding hydrogens is 281 g/mol. The smallest absolute Gasteiger partial charge is 0.226 e. The van der Waals surface area contributed by atoms with Gasteiger partial charge in [-0.1, -0.05) is 18.2 Å². The summed E-state index contributed by atoms with van der Waals surface area (Å²) in [7, 11) is 0. The van der Waals surface area contributed by atoms with Crippen LogP contribution in [0.2, 0.25) is 0 Å². The van der Waals surface area contributed by atoms with Crippen molar-refractivity contribution in [2.24, 2.45) is 0 Å². The highest BCUT2D eigenvalue weighted by atomic mass is 19.1. The number of allylic oxidation sites excluding steroid dienone is 1. The number of rotatable bonds is 4. The molecule has 1 aromatic heterocycles. The Labute approximate surface area is 126 Å². The van der Waals surface area contributed by atoms with Crippen LogP contribution in [0.25, 0.3) is 17.5 Å². The SMILES string of the molecule is O=C(/C=C/c1coc(-c2ccccc2)n1)c1ccc(F)cc1. The van der Waals surface area contributed by atoms with Crippen LogP contribution in [0.5, 0.6) is 0 Å². The fourth-order valence-electron chi connectivity index (χ4n) is 1.95. The summed E-state index contributed by atoms with van der Waals surface area (Å²) in [6, 6.07) is 14.9. The van der Waals surface area contributed by atoms with E-state index in [0.717, 1.165) is 5.56 Å². The standard InChI is InChI=1S/C18H12FNO2/c19-15-8-6-13(7-9-15)17(21)11-10-16-12-22-18(20-16)14-4-2-1-3-5-14/h1-12H/b11-10+. The van der Waals surface area contributed by atoms with Gasteiger partial charge in [-0.2, -0.15) is 0 Å². The van der Waals surface area contributed by atoms with E-state index in [0.29, 0.717) is 17.1 Å². The van der Waals surface area contributed by atoms with Crippen LogP contribution in [0.15, 0.2) is 71.4 Å². The van der Waals surface area contributed by atoms with Gasteiger partial charge in [0.2, 0.25) is 5.89 Å². The van der Waals surface area contributed by atoms with Crippen LogP contribution in [-0.4, -0.2) is 10.8 Å². The second kappa shape index (κ2) is 6.18. The van der Waals surface area contributed by atoms with Crippen LogP contribution in [0, 0.1) is 5.82 Å². The summed E-state index contributed by atoms with van der Waals surface area (Å²) in [5, 5.41) is 0. The van der Waals surface area contributed by atoms with E-state index >= 15 is 0 Å². The molecule has 0 spiro atoms. The third-order valence-corrected chi connectivity index (χ3v) is 3.08. The zero-order chi connectivity index (χ0) is 15.4. The fraction of sp³-hybridized carbons (Fsp3) is 0. The van der Waals surface area contributed by atoms with Gasteiger partial charge in [-0.05, 0) is 48.6 Å². The number of ketones is 1. The maximum atomic E-state index is 12.8. The molecular formula is C18H12FNO2. The number of hydrogen-bond donors (Lipinski definition) is 0. The summed E-state index contributed by atoms with van der Waals surface area (Å²) >= 11 is 0. The minimum atomic E-state index is -0.371. The first-order valence-electron chi connectivity index (χ1n) is 6.71. The highest BCUT2D eigenvalue weighted by Crippen LogP contribution is 2.18. The zero-order valence-corrected chi connectivity index (χ0v) is 11.6. The predicted octanol–water partition coefficient (Wildman–Crippen LogP) is 4.38. The van der Waals surface area contributed by atoms with Crippen LogP contribution in [0.3, 0.4) is 0 Å². The molecule has 1 heterocycles. The lowest BCUT2D eigenvalue weighted by Crippen LogP contribution is -1.93. The maximum absolute atomic E-state index is 12.8. The quantitative estimate of drug-likeness (QED) is 0.529. The molecule has 0 unspecified atom stereocenters. The maximum Gasteiger partial charge on any atom is 0.226 e. The minimum absolute atomic E-state index is 0.218. The van der Waals surface area contributed by atoms with Gasteiger partial charge in [0.15, 0.2) is 5.78 Å². The van der Waals surface area contributed by atoms with E-state index in [1.54, 1.807) is 6.08 Å². The lowest BCUT2D eigenvalue weighted by molar-refractivity contribution is 0.104. The number of halogens is 1. The van der Waals surface area contributed by atoms with E-state index < -0.39 is 0 Å². The Hall–Kier alpha value is -3.01. The van der Waals surface area contributed by atoms with Gasteiger partial charge >= 0.3 is 0 Å². The molecule has 0 atom stereocenters. The summed E-state index contributed by atoms with van der Waals surface area (Å²) < 4.78 is 18.2. The van der Waals surface area contributed by atoms with Gasteiger partial charge in [-0.25, -0.2) is 9.37 Å². The Morgan fingerprint density at radius 2 is 1.77 bits per heavy atom. The Morgan fingerprint density at radius 1 is 1.05 bits per heavy atom. The fourth-order valence-corrected chi connectivity index (χ4v) is 1.95. The normalized spacial score (nSPS) is 11.0. The second-order valence-corrected chi connectivity index (χ2v) is 4.65. The molecule has 0 saturated heterocycles. The molecule has 0 aliphatic carbocycles. The second-order valence-electron chi connectivity index (χ2n) is 4.65. The summed E-state index contributed by atoms with van der Waals surface area (Å²) in [5.41, 5.74) is 1.84. The Balaban J connectivity index is 1.75. The van der Waals surface area contributed by atoms with Crippen molar-refractivity contribution in [3.05, 3.63) is 84.0 Å². The van der Waals surface area contributed by atoms with E-state index in [1.807, 2.05) is 30.3 Å². The summed E-state index contributed by atoms with van der Waals surface area (Å²) in [6.45, 7) is 0. The van der Waals surface area contributed by atoms with Crippen molar-refractivity contribution in [2.45, 2.75) is 0 Å². The number of carbonyl (C=O) groups is 1. The van der Waals surface area contributed by atoms with Gasteiger partial charge < -0.3 is 4.42 Å². The molecule has 3 rings (SSSR count). The summed E-state index contributed by atoms with van der Waals surface area (Å²) in [4.78, 5) is 16.2. The third-order valence-electron chi connectivity index (χ3n) is 3.08. The van der Waals surface area contributed by atoms with E-state index in [2.05, 4.69) is 4.98 Å². The monoisotopic (exact) mass is 293 g/mol. The third kappa shape index (κ3) is 3.17. The van der Waals surface area contributed by atoms with E-state index in [-0.39, 0.29) is 11.6 Å². The van der Waals surface area contributed by atoms with Crippen molar-refractivity contribution in [1.82, 2.24) is 4.98 Å². The van der Waals surface area contributed by atoms with Crippen molar-refractivity contribution in [1.29, 1.82) is 0 Å². The molecule has 22 heavy (non-hydrogen) atoms. The molecule has 0 N–H and O–H groups in total. The zero-order valence-electron chi connectivity index (χ0n) is 11.6.